The molecule has 0 aliphatic heterocycles. The minimum atomic E-state index is -0.682. The molecule has 24 heavy (non-hydrogen) atoms. The first-order chi connectivity index (χ1) is 11.4. The molecule has 0 amide bonds. The fourth-order valence-corrected chi connectivity index (χ4v) is 5.42. The lowest BCUT2D eigenvalue weighted by molar-refractivity contribution is 0.727. The van der Waals surface area contributed by atoms with Crippen molar-refractivity contribution in [2.75, 3.05) is 0 Å². The Morgan fingerprint density at radius 1 is 0.833 bits per heavy atom. The van der Waals surface area contributed by atoms with Crippen LogP contribution in [-0.4, -0.2) is 17.7 Å². The molecule has 0 bridgehead atoms. The second kappa shape index (κ2) is 8.44. The van der Waals surface area contributed by atoms with Crippen LogP contribution in [0.15, 0.2) is 53.5 Å². The zero-order valence-electron chi connectivity index (χ0n) is 15.7. The van der Waals surface area contributed by atoms with Gasteiger partial charge in [-0.3, -0.25) is 4.99 Å². The summed E-state index contributed by atoms with van der Waals surface area (Å²) in [6, 6.07) is 18.0. The van der Waals surface area contributed by atoms with Gasteiger partial charge in [0.25, 0.3) is 0 Å². The Kier molecular flexibility index (Phi) is 6.57. The molecule has 0 spiro atoms. The molecule has 0 saturated heterocycles. The lowest BCUT2D eigenvalue weighted by Gasteiger charge is -2.27. The van der Waals surface area contributed by atoms with Gasteiger partial charge in [-0.05, 0) is 63.3 Å². The zero-order chi connectivity index (χ0) is 17.7. The van der Waals surface area contributed by atoms with Gasteiger partial charge in [-0.25, -0.2) is 0 Å². The summed E-state index contributed by atoms with van der Waals surface area (Å²) in [5.74, 6) is 0. The third-order valence-corrected chi connectivity index (χ3v) is 6.36. The third kappa shape index (κ3) is 4.68. The molecular weight excluding hydrogens is 311 g/mol. The summed E-state index contributed by atoms with van der Waals surface area (Å²) in [4.78, 5) is 4.99. The van der Waals surface area contributed by atoms with Crippen LogP contribution in [0.5, 0.6) is 0 Å². The molecule has 2 rings (SSSR count). The first kappa shape index (κ1) is 18.7. The summed E-state index contributed by atoms with van der Waals surface area (Å²) in [7, 11) is -0.682. The van der Waals surface area contributed by atoms with Crippen LogP contribution in [0.4, 0.5) is 0 Å². The van der Waals surface area contributed by atoms with E-state index in [1.165, 1.54) is 21.7 Å². The van der Waals surface area contributed by atoms with Crippen molar-refractivity contribution in [3.8, 4) is 0 Å². The van der Waals surface area contributed by atoms with Crippen molar-refractivity contribution >= 4 is 24.1 Å². The highest BCUT2D eigenvalue weighted by Crippen LogP contribution is 2.37. The number of nitrogens with zero attached hydrogens (tertiary/aromatic N) is 1. The van der Waals surface area contributed by atoms with E-state index in [1.54, 1.807) is 0 Å². The van der Waals surface area contributed by atoms with Crippen LogP contribution in [0, 0.1) is 13.8 Å². The van der Waals surface area contributed by atoms with Crippen molar-refractivity contribution in [2.45, 2.75) is 53.6 Å². The second-order valence-corrected chi connectivity index (χ2v) is 8.81. The topological polar surface area (TPSA) is 24.4 Å². The molecule has 2 nitrogen and oxygen atoms in total. The Balaban J connectivity index is 2.66. The number of rotatable bonds is 5. The van der Waals surface area contributed by atoms with Crippen LogP contribution >= 0.6 is 7.92 Å². The van der Waals surface area contributed by atoms with Gasteiger partial charge in [-0.15, -0.1) is 0 Å². The molecule has 0 heterocycles. The minimum absolute atomic E-state index is 0.268. The maximum absolute atomic E-state index is 4.99. The van der Waals surface area contributed by atoms with Crippen LogP contribution in [0.25, 0.3) is 0 Å². The molecular formula is C21H29N2P. The average Bonchev–Trinajstić information content (AvgIpc) is 2.50. The highest BCUT2D eigenvalue weighted by molar-refractivity contribution is 7.88. The van der Waals surface area contributed by atoms with E-state index >= 15 is 0 Å². The van der Waals surface area contributed by atoms with Crippen LogP contribution < -0.4 is 15.9 Å². The molecule has 0 aromatic heterocycles. The number of aryl methyl sites for hydroxylation is 2. The molecule has 0 atom stereocenters. The van der Waals surface area contributed by atoms with E-state index in [0.29, 0.717) is 6.04 Å². The van der Waals surface area contributed by atoms with Crippen LogP contribution in [0.3, 0.4) is 0 Å². The number of aliphatic imine (C=N–C) groups is 1. The zero-order valence-corrected chi connectivity index (χ0v) is 16.6. The first-order valence-corrected chi connectivity index (χ1v) is 10.00. The lowest BCUT2D eigenvalue weighted by Crippen LogP contribution is -2.35. The molecule has 0 radical (unpaired) electrons. The van der Waals surface area contributed by atoms with Gasteiger partial charge >= 0.3 is 0 Å². The molecule has 128 valence electrons. The van der Waals surface area contributed by atoms with Gasteiger partial charge in [0.05, 0.1) is 0 Å². The largest absolute Gasteiger partial charge is 0.367 e. The fraction of sp³-hybridized carbons (Fsp3) is 0.381. The Hall–Kier alpha value is -1.66. The predicted molar refractivity (Wildman–Crippen MR) is 109 cm³/mol. The summed E-state index contributed by atoms with van der Waals surface area (Å²) < 4.78 is 0. The highest BCUT2D eigenvalue weighted by atomic mass is 31.1. The lowest BCUT2D eigenvalue weighted by atomic mass is 10.2. The Morgan fingerprint density at radius 2 is 1.29 bits per heavy atom. The number of amidine groups is 1. The Labute approximate surface area is 148 Å². The van der Waals surface area contributed by atoms with Crippen molar-refractivity contribution in [3.63, 3.8) is 0 Å². The molecule has 1 N–H and O–H groups in total. The predicted octanol–water partition coefficient (Wildman–Crippen LogP) is 4.50. The van der Waals surface area contributed by atoms with Gasteiger partial charge in [-0.2, -0.15) is 0 Å². The van der Waals surface area contributed by atoms with Crippen LogP contribution in [-0.2, 0) is 0 Å². The van der Waals surface area contributed by atoms with Crippen molar-refractivity contribution in [3.05, 3.63) is 59.7 Å². The molecule has 0 aliphatic carbocycles. The molecule has 0 fully saturated rings. The maximum Gasteiger partial charge on any atom is 0.129 e. The summed E-state index contributed by atoms with van der Waals surface area (Å²) in [6.07, 6.45) is 0. The normalized spacial score (nSPS) is 12.3. The summed E-state index contributed by atoms with van der Waals surface area (Å²) >= 11 is 0. The average molecular weight is 340 g/mol. The summed E-state index contributed by atoms with van der Waals surface area (Å²) in [6.45, 7) is 13.0. The SMILES string of the molecule is Cc1ccccc1P(C(=NC(C)C)NC(C)C)c1ccccc1C. The molecule has 3 heteroatoms. The van der Waals surface area contributed by atoms with Crippen molar-refractivity contribution in [1.82, 2.24) is 5.32 Å². The van der Waals surface area contributed by atoms with E-state index in [0.717, 1.165) is 5.58 Å². The molecule has 0 saturated carbocycles. The number of hydrogen-bond donors (Lipinski definition) is 1. The number of hydrogen-bond acceptors (Lipinski definition) is 1. The van der Waals surface area contributed by atoms with Gasteiger partial charge in [0.1, 0.15) is 5.58 Å². The van der Waals surface area contributed by atoms with Crippen molar-refractivity contribution in [1.29, 1.82) is 0 Å². The smallest absolute Gasteiger partial charge is 0.129 e. The maximum atomic E-state index is 4.99. The molecule has 0 aliphatic rings. The van der Waals surface area contributed by atoms with Gasteiger partial charge in [0.2, 0.25) is 0 Å². The quantitative estimate of drug-likeness (QED) is 0.484. The first-order valence-electron chi connectivity index (χ1n) is 8.66. The van der Waals surface area contributed by atoms with Gasteiger partial charge in [-0.1, -0.05) is 48.5 Å². The molecule has 0 unspecified atom stereocenters. The second-order valence-electron chi connectivity index (χ2n) is 6.75. The van der Waals surface area contributed by atoms with Gasteiger partial charge in [0, 0.05) is 20.0 Å². The van der Waals surface area contributed by atoms with Crippen molar-refractivity contribution in [2.24, 2.45) is 4.99 Å². The van der Waals surface area contributed by atoms with E-state index in [2.05, 4.69) is 95.4 Å². The standard InChI is InChI=1S/C21H29N2P/c1-15(2)22-21(23-16(3)4)24(19-13-9-7-11-17(19)5)20-14-10-8-12-18(20)6/h7-16H,1-6H3,(H,22,23). The summed E-state index contributed by atoms with van der Waals surface area (Å²) in [5, 5.41) is 6.41. The number of benzene rings is 2. The van der Waals surface area contributed by atoms with E-state index in [4.69, 9.17) is 4.99 Å². The van der Waals surface area contributed by atoms with Gasteiger partial charge in [0.15, 0.2) is 0 Å². The molecule has 2 aromatic rings. The molecule has 2 aromatic carbocycles. The Bertz CT molecular complexity index is 659. The monoisotopic (exact) mass is 340 g/mol. The Morgan fingerprint density at radius 3 is 1.67 bits per heavy atom. The van der Waals surface area contributed by atoms with E-state index < -0.39 is 7.92 Å². The van der Waals surface area contributed by atoms with Crippen LogP contribution in [0.2, 0.25) is 0 Å². The van der Waals surface area contributed by atoms with E-state index in [1.807, 2.05) is 0 Å². The third-order valence-electron chi connectivity index (χ3n) is 3.72. The summed E-state index contributed by atoms with van der Waals surface area (Å²) in [5.41, 5.74) is 3.78. The van der Waals surface area contributed by atoms with E-state index in [9.17, 15) is 0 Å². The fourth-order valence-electron chi connectivity index (χ4n) is 2.65. The number of nitrogens with one attached hydrogen (secondary N) is 1. The van der Waals surface area contributed by atoms with E-state index in [-0.39, 0.29) is 6.04 Å². The minimum Gasteiger partial charge on any atom is -0.367 e. The highest BCUT2D eigenvalue weighted by Gasteiger charge is 2.24. The van der Waals surface area contributed by atoms with Gasteiger partial charge < -0.3 is 5.32 Å². The van der Waals surface area contributed by atoms with Crippen molar-refractivity contribution < 1.29 is 0 Å². The van der Waals surface area contributed by atoms with Crippen LogP contribution in [0.1, 0.15) is 38.8 Å².